The smallest absolute Gasteiger partial charge is 0.276 e. The lowest BCUT2D eigenvalue weighted by Crippen LogP contribution is -2.27. The van der Waals surface area contributed by atoms with Crippen LogP contribution in [0.25, 0.3) is 15.9 Å². The molecule has 0 saturated carbocycles. The summed E-state index contributed by atoms with van der Waals surface area (Å²) in [4.78, 5) is 30.5. The average Bonchev–Trinajstić information content (AvgIpc) is 3.25. The molecule has 0 unspecified atom stereocenters. The number of hydrogen-bond acceptors (Lipinski definition) is 5. The Morgan fingerprint density at radius 3 is 2.94 bits per heavy atom. The Morgan fingerprint density at radius 1 is 1.26 bits per heavy atom. The molecule has 1 amide bonds. The zero-order valence-corrected chi connectivity index (χ0v) is 19.6. The van der Waals surface area contributed by atoms with Crippen LogP contribution in [0, 0.1) is 13.8 Å². The Balaban J connectivity index is 1.53. The molecule has 0 spiro atoms. The highest BCUT2D eigenvalue weighted by Crippen LogP contribution is 2.26. The number of thioether (sulfide) groups is 1. The van der Waals surface area contributed by atoms with Gasteiger partial charge in [0.2, 0.25) is 5.91 Å². The Kier molecular flexibility index (Phi) is 6.92. The zero-order chi connectivity index (χ0) is 21.8. The minimum atomic E-state index is -0.0826. The third-order valence-electron chi connectivity index (χ3n) is 5.75. The SMILES string of the molecule is Cc1cccc(-n2c(SCC(=O)NCCC3=CCCCC3)nc3ccsc3c2=O)c1C. The van der Waals surface area contributed by atoms with Crippen LogP contribution in [0.3, 0.4) is 0 Å². The van der Waals surface area contributed by atoms with E-state index in [1.807, 2.05) is 43.5 Å². The van der Waals surface area contributed by atoms with Crippen LogP contribution in [-0.4, -0.2) is 27.8 Å². The largest absolute Gasteiger partial charge is 0.355 e. The van der Waals surface area contributed by atoms with Gasteiger partial charge in [-0.25, -0.2) is 4.98 Å². The monoisotopic (exact) mass is 453 g/mol. The van der Waals surface area contributed by atoms with E-state index >= 15 is 0 Å². The summed E-state index contributed by atoms with van der Waals surface area (Å²) in [5.41, 5.74) is 5.02. The molecule has 1 aliphatic carbocycles. The van der Waals surface area contributed by atoms with Crippen molar-refractivity contribution in [2.75, 3.05) is 12.3 Å². The van der Waals surface area contributed by atoms with E-state index in [2.05, 4.69) is 11.4 Å². The van der Waals surface area contributed by atoms with Gasteiger partial charge < -0.3 is 5.32 Å². The molecule has 1 aromatic carbocycles. The molecule has 4 rings (SSSR count). The van der Waals surface area contributed by atoms with E-state index in [9.17, 15) is 9.59 Å². The Labute approximate surface area is 190 Å². The van der Waals surface area contributed by atoms with Crippen molar-refractivity contribution in [1.82, 2.24) is 14.9 Å². The van der Waals surface area contributed by atoms with Gasteiger partial charge in [0.15, 0.2) is 5.16 Å². The number of fused-ring (bicyclic) bond motifs is 1. The Morgan fingerprint density at radius 2 is 2.13 bits per heavy atom. The van der Waals surface area contributed by atoms with Crippen LogP contribution in [0.2, 0.25) is 0 Å². The summed E-state index contributed by atoms with van der Waals surface area (Å²) in [5.74, 6) is 0.194. The summed E-state index contributed by atoms with van der Waals surface area (Å²) in [6.07, 6.45) is 8.07. The van der Waals surface area contributed by atoms with Crippen LogP contribution < -0.4 is 10.9 Å². The number of carbonyl (C=O) groups is 1. The first-order chi connectivity index (χ1) is 15.0. The van der Waals surface area contributed by atoms with Gasteiger partial charge in [-0.3, -0.25) is 14.2 Å². The molecular formula is C24H27N3O2S2. The summed E-state index contributed by atoms with van der Waals surface area (Å²) in [7, 11) is 0. The number of amides is 1. The number of aromatic nitrogens is 2. The van der Waals surface area contributed by atoms with Crippen molar-refractivity contribution in [2.45, 2.75) is 51.1 Å². The molecule has 0 radical (unpaired) electrons. The summed E-state index contributed by atoms with van der Waals surface area (Å²) in [5, 5.41) is 5.45. The normalized spacial score (nSPS) is 13.9. The maximum Gasteiger partial charge on any atom is 0.276 e. The average molecular weight is 454 g/mol. The third kappa shape index (κ3) is 4.93. The molecule has 31 heavy (non-hydrogen) atoms. The van der Waals surface area contributed by atoms with Gasteiger partial charge in [-0.2, -0.15) is 0 Å². The molecule has 2 aromatic heterocycles. The predicted molar refractivity (Wildman–Crippen MR) is 130 cm³/mol. The maximum absolute atomic E-state index is 13.3. The number of thiophene rings is 1. The molecule has 162 valence electrons. The molecular weight excluding hydrogens is 426 g/mol. The molecule has 7 heteroatoms. The first kappa shape index (κ1) is 21.8. The van der Waals surface area contributed by atoms with Crippen LogP contribution in [0.1, 0.15) is 43.2 Å². The third-order valence-corrected chi connectivity index (χ3v) is 7.58. The van der Waals surface area contributed by atoms with Gasteiger partial charge in [0, 0.05) is 6.54 Å². The minimum absolute atomic E-state index is 0.0337. The quantitative estimate of drug-likeness (QED) is 0.305. The van der Waals surface area contributed by atoms with Crippen LogP contribution in [-0.2, 0) is 4.79 Å². The van der Waals surface area contributed by atoms with E-state index in [1.54, 1.807) is 4.57 Å². The lowest BCUT2D eigenvalue weighted by atomic mass is 9.97. The van der Waals surface area contributed by atoms with Crippen molar-refractivity contribution in [1.29, 1.82) is 0 Å². The number of nitrogens with zero attached hydrogens (tertiary/aromatic N) is 2. The maximum atomic E-state index is 13.3. The molecule has 1 aliphatic rings. The first-order valence-electron chi connectivity index (χ1n) is 10.7. The molecule has 0 atom stereocenters. The number of rotatable bonds is 7. The van der Waals surface area contributed by atoms with E-state index in [4.69, 9.17) is 4.98 Å². The molecule has 3 aromatic rings. The molecule has 2 heterocycles. The van der Waals surface area contributed by atoms with Crippen molar-refractivity contribution >= 4 is 39.2 Å². The van der Waals surface area contributed by atoms with Gasteiger partial charge in [0.05, 0.1) is 17.0 Å². The van der Waals surface area contributed by atoms with Crippen molar-refractivity contribution in [2.24, 2.45) is 0 Å². The molecule has 0 bridgehead atoms. The number of benzene rings is 1. The minimum Gasteiger partial charge on any atom is -0.355 e. The van der Waals surface area contributed by atoms with Gasteiger partial charge >= 0.3 is 0 Å². The summed E-state index contributed by atoms with van der Waals surface area (Å²) in [6.45, 7) is 4.70. The van der Waals surface area contributed by atoms with Crippen molar-refractivity contribution in [3.8, 4) is 5.69 Å². The van der Waals surface area contributed by atoms with Crippen LogP contribution in [0.5, 0.6) is 0 Å². The molecule has 0 fully saturated rings. The first-order valence-corrected chi connectivity index (χ1v) is 12.6. The van der Waals surface area contributed by atoms with Gasteiger partial charge in [0.25, 0.3) is 5.56 Å². The second-order valence-corrected chi connectivity index (χ2v) is 9.74. The van der Waals surface area contributed by atoms with Gasteiger partial charge in [0.1, 0.15) is 4.70 Å². The second kappa shape index (κ2) is 9.83. The number of carbonyl (C=O) groups excluding carboxylic acids is 1. The van der Waals surface area contributed by atoms with E-state index in [0.29, 0.717) is 21.9 Å². The highest BCUT2D eigenvalue weighted by molar-refractivity contribution is 7.99. The van der Waals surface area contributed by atoms with Crippen molar-refractivity contribution in [3.63, 3.8) is 0 Å². The fourth-order valence-electron chi connectivity index (χ4n) is 3.85. The zero-order valence-electron chi connectivity index (χ0n) is 17.9. The van der Waals surface area contributed by atoms with Gasteiger partial charge in [-0.15, -0.1) is 11.3 Å². The van der Waals surface area contributed by atoms with Gasteiger partial charge in [-0.1, -0.05) is 35.5 Å². The molecule has 5 nitrogen and oxygen atoms in total. The fourth-order valence-corrected chi connectivity index (χ4v) is 5.45. The van der Waals surface area contributed by atoms with Crippen molar-refractivity contribution in [3.05, 3.63) is 62.8 Å². The summed E-state index contributed by atoms with van der Waals surface area (Å²) < 4.78 is 2.29. The number of hydrogen-bond donors (Lipinski definition) is 1. The van der Waals surface area contributed by atoms with Crippen LogP contribution in [0.15, 0.2) is 51.2 Å². The number of aryl methyl sites for hydroxylation is 1. The molecule has 0 aliphatic heterocycles. The summed E-state index contributed by atoms with van der Waals surface area (Å²) in [6, 6.07) is 7.77. The lowest BCUT2D eigenvalue weighted by Gasteiger charge is -2.15. The van der Waals surface area contributed by atoms with E-state index in [-0.39, 0.29) is 17.2 Å². The van der Waals surface area contributed by atoms with Crippen molar-refractivity contribution < 1.29 is 4.79 Å². The highest BCUT2D eigenvalue weighted by atomic mass is 32.2. The molecule has 1 N–H and O–H groups in total. The number of nitrogens with one attached hydrogen (secondary N) is 1. The predicted octanol–water partition coefficient (Wildman–Crippen LogP) is 5.16. The lowest BCUT2D eigenvalue weighted by molar-refractivity contribution is -0.118. The van der Waals surface area contributed by atoms with E-state index in [1.165, 1.54) is 41.5 Å². The molecule has 0 saturated heterocycles. The Hall–Kier alpha value is -2.38. The standard InChI is InChI=1S/C24H27N3O2S2/c1-16-7-6-10-20(17(16)2)27-23(29)22-19(12-14-30-22)26-24(27)31-15-21(28)25-13-11-18-8-4-3-5-9-18/h6-8,10,12,14H,3-5,9,11,13,15H2,1-2H3,(H,25,28). The Bertz CT molecular complexity index is 1190. The number of allylic oxidation sites excluding steroid dienone is 1. The summed E-state index contributed by atoms with van der Waals surface area (Å²) >= 11 is 2.71. The van der Waals surface area contributed by atoms with E-state index < -0.39 is 0 Å². The fraction of sp³-hybridized carbons (Fsp3) is 0.375. The second-order valence-electron chi connectivity index (χ2n) is 7.89. The van der Waals surface area contributed by atoms with Crippen LogP contribution >= 0.6 is 23.1 Å². The van der Waals surface area contributed by atoms with Gasteiger partial charge in [-0.05, 0) is 74.6 Å². The topological polar surface area (TPSA) is 64.0 Å². The van der Waals surface area contributed by atoms with Crippen LogP contribution in [0.4, 0.5) is 0 Å². The highest BCUT2D eigenvalue weighted by Gasteiger charge is 2.17. The van der Waals surface area contributed by atoms with E-state index in [0.717, 1.165) is 36.1 Å².